The van der Waals surface area contributed by atoms with Gasteiger partial charge in [0, 0.05) is 30.1 Å². The van der Waals surface area contributed by atoms with E-state index >= 15 is 0 Å². The fourth-order valence-corrected chi connectivity index (χ4v) is 5.31. The van der Waals surface area contributed by atoms with Crippen LogP contribution in [0.5, 0.6) is 0 Å². The standard InChI is InChI=1S/C26H33BrClF3N2O2/c1-2-14-35-15-13-32-21-11-12-22(23(16-21)17-3-7-19(27)8-4-17)25(34)33-24(26(29,30)31)18-5-9-20(28)10-6-18/h3,5-7,9-10,21-24,32H,2,4,8,11-16H2,1H3,(H,33,34)/t21-,22-,23+,24?/m1/s1. The van der Waals surface area contributed by atoms with Crippen LogP contribution in [0.15, 0.2) is 46.5 Å². The lowest BCUT2D eigenvalue weighted by Crippen LogP contribution is -2.47. The SMILES string of the molecule is CCCOCCN[C@@H]1CC[C@@H](C(=O)NC(c2ccc(Cl)cc2)C(F)(F)F)[C@H](C2=CC=C(Br)CC2)C1. The molecule has 0 aromatic heterocycles. The number of allylic oxidation sites excluding steroid dienone is 4. The predicted molar refractivity (Wildman–Crippen MR) is 136 cm³/mol. The maximum absolute atomic E-state index is 13.9. The molecular formula is C26H33BrClF3N2O2. The van der Waals surface area contributed by atoms with Gasteiger partial charge in [0.25, 0.3) is 0 Å². The van der Waals surface area contributed by atoms with Gasteiger partial charge in [-0.15, -0.1) is 0 Å². The van der Waals surface area contributed by atoms with Gasteiger partial charge in [-0.25, -0.2) is 0 Å². The first-order valence-corrected chi connectivity index (χ1v) is 13.3. The lowest BCUT2D eigenvalue weighted by atomic mass is 9.71. The molecule has 0 saturated heterocycles. The first kappa shape index (κ1) is 28.2. The monoisotopic (exact) mass is 576 g/mol. The zero-order valence-electron chi connectivity index (χ0n) is 19.8. The minimum Gasteiger partial charge on any atom is -0.380 e. The smallest absolute Gasteiger partial charge is 0.380 e. The Morgan fingerprint density at radius 2 is 1.91 bits per heavy atom. The quantitative estimate of drug-likeness (QED) is 0.299. The first-order chi connectivity index (χ1) is 16.7. The molecule has 35 heavy (non-hydrogen) atoms. The van der Waals surface area contributed by atoms with Crippen LogP contribution in [-0.4, -0.2) is 37.9 Å². The molecule has 0 aliphatic heterocycles. The first-order valence-electron chi connectivity index (χ1n) is 12.2. The maximum atomic E-state index is 13.9. The minimum atomic E-state index is -4.62. The zero-order chi connectivity index (χ0) is 25.4. The Hall–Kier alpha value is -1.35. The summed E-state index contributed by atoms with van der Waals surface area (Å²) in [6, 6.07) is 3.55. The molecule has 0 bridgehead atoms. The molecular weight excluding hydrogens is 545 g/mol. The summed E-state index contributed by atoms with van der Waals surface area (Å²) in [4.78, 5) is 13.3. The fourth-order valence-electron chi connectivity index (χ4n) is 4.86. The van der Waals surface area contributed by atoms with Crippen molar-refractivity contribution < 1.29 is 22.7 Å². The number of halogens is 5. The normalized spacial score (nSPS) is 23.9. The van der Waals surface area contributed by atoms with Gasteiger partial charge in [-0.1, -0.05) is 64.3 Å². The Morgan fingerprint density at radius 1 is 1.17 bits per heavy atom. The summed E-state index contributed by atoms with van der Waals surface area (Å²) < 4.78 is 48.4. The molecule has 2 aliphatic carbocycles. The van der Waals surface area contributed by atoms with Crippen molar-refractivity contribution in [3.05, 3.63) is 57.1 Å². The van der Waals surface area contributed by atoms with E-state index in [1.807, 2.05) is 12.2 Å². The van der Waals surface area contributed by atoms with Gasteiger partial charge in [0.15, 0.2) is 6.04 Å². The molecule has 1 aromatic carbocycles. The molecule has 0 heterocycles. The van der Waals surface area contributed by atoms with E-state index in [-0.39, 0.29) is 17.5 Å². The van der Waals surface area contributed by atoms with Gasteiger partial charge in [0.05, 0.1) is 6.61 Å². The highest BCUT2D eigenvalue weighted by atomic mass is 79.9. The number of amides is 1. The predicted octanol–water partition coefficient (Wildman–Crippen LogP) is 6.86. The van der Waals surface area contributed by atoms with Gasteiger partial charge in [0.2, 0.25) is 5.91 Å². The van der Waals surface area contributed by atoms with Crippen LogP contribution in [0, 0.1) is 11.8 Å². The molecule has 4 nitrogen and oxygen atoms in total. The molecule has 1 saturated carbocycles. The molecule has 1 amide bonds. The molecule has 1 unspecified atom stereocenters. The number of hydrogen-bond donors (Lipinski definition) is 2. The van der Waals surface area contributed by atoms with Crippen LogP contribution in [0.3, 0.4) is 0 Å². The molecule has 0 spiro atoms. The van der Waals surface area contributed by atoms with E-state index in [1.54, 1.807) is 0 Å². The van der Waals surface area contributed by atoms with Crippen molar-refractivity contribution in [2.45, 2.75) is 63.7 Å². The highest BCUT2D eigenvalue weighted by Crippen LogP contribution is 2.41. The number of alkyl halides is 3. The second-order valence-electron chi connectivity index (χ2n) is 9.18. The van der Waals surface area contributed by atoms with E-state index in [4.69, 9.17) is 16.3 Å². The number of hydrogen-bond acceptors (Lipinski definition) is 3. The fraction of sp³-hybridized carbons (Fsp3) is 0.577. The van der Waals surface area contributed by atoms with Gasteiger partial charge in [-0.2, -0.15) is 13.2 Å². The van der Waals surface area contributed by atoms with Crippen LogP contribution in [-0.2, 0) is 9.53 Å². The number of carbonyl (C=O) groups is 1. The number of benzene rings is 1. The molecule has 3 rings (SSSR count). The zero-order valence-corrected chi connectivity index (χ0v) is 22.2. The second-order valence-corrected chi connectivity index (χ2v) is 10.6. The van der Waals surface area contributed by atoms with Crippen molar-refractivity contribution in [3.63, 3.8) is 0 Å². The third-order valence-electron chi connectivity index (χ3n) is 6.64. The van der Waals surface area contributed by atoms with Crippen LogP contribution >= 0.6 is 27.5 Å². The molecule has 9 heteroatoms. The van der Waals surface area contributed by atoms with Crippen LogP contribution in [0.1, 0.15) is 57.1 Å². The number of ether oxygens (including phenoxy) is 1. The van der Waals surface area contributed by atoms with E-state index in [9.17, 15) is 18.0 Å². The Labute approximate surface area is 218 Å². The summed E-state index contributed by atoms with van der Waals surface area (Å²) in [5.41, 5.74) is 1.09. The summed E-state index contributed by atoms with van der Waals surface area (Å²) in [5.74, 6) is -1.18. The van der Waals surface area contributed by atoms with Gasteiger partial charge in [0.1, 0.15) is 0 Å². The second kappa shape index (κ2) is 13.3. The average Bonchev–Trinajstić information content (AvgIpc) is 2.82. The Balaban J connectivity index is 1.74. The van der Waals surface area contributed by atoms with Crippen molar-refractivity contribution in [3.8, 4) is 0 Å². The molecule has 1 aromatic rings. The molecule has 2 N–H and O–H groups in total. The minimum absolute atomic E-state index is 0.0297. The Morgan fingerprint density at radius 3 is 2.54 bits per heavy atom. The molecule has 1 fully saturated rings. The molecule has 194 valence electrons. The van der Waals surface area contributed by atoms with Crippen LogP contribution in [0.4, 0.5) is 13.2 Å². The van der Waals surface area contributed by atoms with E-state index in [0.717, 1.165) is 42.3 Å². The largest absolute Gasteiger partial charge is 0.412 e. The van der Waals surface area contributed by atoms with Crippen LogP contribution in [0.2, 0.25) is 5.02 Å². The van der Waals surface area contributed by atoms with Crippen LogP contribution in [0.25, 0.3) is 0 Å². The topological polar surface area (TPSA) is 50.4 Å². The van der Waals surface area contributed by atoms with Gasteiger partial charge in [-0.05, 0) is 66.6 Å². The van der Waals surface area contributed by atoms with E-state index < -0.39 is 24.0 Å². The van der Waals surface area contributed by atoms with Gasteiger partial charge < -0.3 is 15.4 Å². The Bertz CT molecular complexity index is 905. The summed E-state index contributed by atoms with van der Waals surface area (Å²) in [6.45, 7) is 4.11. The van der Waals surface area contributed by atoms with Crippen LogP contribution < -0.4 is 10.6 Å². The highest BCUT2D eigenvalue weighted by Gasteiger charge is 2.44. The van der Waals surface area contributed by atoms with Gasteiger partial charge >= 0.3 is 6.18 Å². The number of carbonyl (C=O) groups excluding carboxylic acids is 1. The molecule has 0 radical (unpaired) electrons. The molecule has 2 aliphatic rings. The van der Waals surface area contributed by atoms with E-state index in [2.05, 4.69) is 33.5 Å². The molecule has 4 atom stereocenters. The number of rotatable bonds is 10. The van der Waals surface area contributed by atoms with Crippen molar-refractivity contribution in [1.29, 1.82) is 0 Å². The summed E-state index contributed by atoms with van der Waals surface area (Å²) >= 11 is 9.36. The van der Waals surface area contributed by atoms with Crippen molar-refractivity contribution in [1.82, 2.24) is 10.6 Å². The summed E-state index contributed by atoms with van der Waals surface area (Å²) in [6.07, 6.45) is 3.93. The van der Waals surface area contributed by atoms with E-state index in [0.29, 0.717) is 31.0 Å². The summed E-state index contributed by atoms with van der Waals surface area (Å²) in [7, 11) is 0. The van der Waals surface area contributed by atoms with Crippen molar-refractivity contribution in [2.24, 2.45) is 11.8 Å². The third kappa shape index (κ3) is 8.34. The average molecular weight is 578 g/mol. The third-order valence-corrected chi connectivity index (χ3v) is 7.55. The summed E-state index contributed by atoms with van der Waals surface area (Å²) in [5, 5.41) is 6.18. The van der Waals surface area contributed by atoms with E-state index in [1.165, 1.54) is 24.3 Å². The maximum Gasteiger partial charge on any atom is 0.412 e. The van der Waals surface area contributed by atoms with Gasteiger partial charge in [-0.3, -0.25) is 4.79 Å². The highest BCUT2D eigenvalue weighted by molar-refractivity contribution is 9.11. The Kier molecular flexibility index (Phi) is 10.7. The van der Waals surface area contributed by atoms with Crippen molar-refractivity contribution >= 4 is 33.4 Å². The van der Waals surface area contributed by atoms with Crippen molar-refractivity contribution in [2.75, 3.05) is 19.8 Å². The number of nitrogens with one attached hydrogen (secondary N) is 2. The lowest BCUT2D eigenvalue weighted by Gasteiger charge is -2.38. The lowest BCUT2D eigenvalue weighted by molar-refractivity contribution is -0.165.